The van der Waals surface area contributed by atoms with Crippen LogP contribution >= 0.6 is 0 Å². The summed E-state index contributed by atoms with van der Waals surface area (Å²) in [5.74, 6) is 1.38. The number of nitrogens with zero attached hydrogens (tertiary/aromatic N) is 3. The molecule has 2 aromatic rings. The predicted octanol–water partition coefficient (Wildman–Crippen LogP) is 2.95. The lowest BCUT2D eigenvalue weighted by molar-refractivity contribution is 0.0747. The number of amides is 1. The Balaban J connectivity index is 1.84. The summed E-state index contributed by atoms with van der Waals surface area (Å²) in [6.45, 7) is 2.74. The molecule has 0 spiro atoms. The number of carbonyl (C=O) groups excluding carboxylic acids is 1. The lowest BCUT2D eigenvalue weighted by atomic mass is 10.1. The fraction of sp³-hybridized carbons (Fsp3) is 0.316. The molecule has 1 aliphatic heterocycles. The number of ether oxygens (including phenoxy) is 2. The summed E-state index contributed by atoms with van der Waals surface area (Å²) in [5.41, 5.74) is 1.45. The predicted molar refractivity (Wildman–Crippen MR) is 94.8 cm³/mol. The van der Waals surface area contributed by atoms with Gasteiger partial charge in [0.2, 0.25) is 11.8 Å². The van der Waals surface area contributed by atoms with E-state index in [4.69, 9.17) is 9.47 Å². The van der Waals surface area contributed by atoms with Crippen molar-refractivity contribution >= 4 is 5.91 Å². The van der Waals surface area contributed by atoms with Crippen molar-refractivity contribution in [2.75, 3.05) is 20.8 Å². The lowest BCUT2D eigenvalue weighted by Crippen LogP contribution is -2.35. The van der Waals surface area contributed by atoms with E-state index in [9.17, 15) is 4.79 Å². The Morgan fingerprint density at radius 2 is 1.80 bits per heavy atom. The Morgan fingerprint density at radius 3 is 2.36 bits per heavy atom. The molecule has 0 radical (unpaired) electrons. The third kappa shape index (κ3) is 3.47. The maximum atomic E-state index is 12.7. The Bertz CT molecular complexity index is 765. The summed E-state index contributed by atoms with van der Waals surface area (Å²) in [7, 11) is 3.09. The molecule has 1 amide bonds. The average molecular weight is 339 g/mol. The second-order valence-corrected chi connectivity index (χ2v) is 5.71. The van der Waals surface area contributed by atoms with Gasteiger partial charge in [-0.15, -0.1) is 0 Å². The summed E-state index contributed by atoms with van der Waals surface area (Å²) in [5, 5.41) is 0. The van der Waals surface area contributed by atoms with Crippen molar-refractivity contribution in [2.24, 2.45) is 0 Å². The van der Waals surface area contributed by atoms with Crippen molar-refractivity contribution in [3.8, 4) is 23.1 Å². The van der Waals surface area contributed by atoms with Gasteiger partial charge in [0.1, 0.15) is 0 Å². The van der Waals surface area contributed by atoms with Gasteiger partial charge < -0.3 is 14.4 Å². The van der Waals surface area contributed by atoms with Crippen molar-refractivity contribution in [1.82, 2.24) is 14.9 Å². The third-order valence-electron chi connectivity index (χ3n) is 4.23. The maximum Gasteiger partial charge on any atom is 0.254 e. The number of carbonyl (C=O) groups is 1. The minimum Gasteiger partial charge on any atom is -0.481 e. The van der Waals surface area contributed by atoms with Gasteiger partial charge in [0, 0.05) is 17.7 Å². The van der Waals surface area contributed by atoms with Crippen LogP contribution in [-0.4, -0.2) is 47.6 Å². The molecule has 0 unspecified atom stereocenters. The molecule has 3 rings (SSSR count). The van der Waals surface area contributed by atoms with Crippen molar-refractivity contribution in [1.29, 1.82) is 0 Å². The van der Waals surface area contributed by atoms with Crippen LogP contribution in [0.3, 0.4) is 0 Å². The minimum absolute atomic E-state index is 0.0348. The molecular weight excluding hydrogens is 318 g/mol. The average Bonchev–Trinajstić information content (AvgIpc) is 3.15. The largest absolute Gasteiger partial charge is 0.481 e. The van der Waals surface area contributed by atoms with E-state index in [1.807, 2.05) is 23.1 Å². The fourth-order valence-electron chi connectivity index (χ4n) is 2.83. The van der Waals surface area contributed by atoms with Gasteiger partial charge in [-0.3, -0.25) is 4.79 Å². The van der Waals surface area contributed by atoms with Gasteiger partial charge in [-0.25, -0.2) is 0 Å². The zero-order valence-electron chi connectivity index (χ0n) is 14.6. The Morgan fingerprint density at radius 1 is 1.16 bits per heavy atom. The van der Waals surface area contributed by atoms with E-state index >= 15 is 0 Å². The number of benzene rings is 1. The van der Waals surface area contributed by atoms with Gasteiger partial charge in [0.05, 0.1) is 26.3 Å². The van der Waals surface area contributed by atoms with E-state index in [1.165, 1.54) is 0 Å². The van der Waals surface area contributed by atoms with Gasteiger partial charge in [-0.1, -0.05) is 31.2 Å². The fourth-order valence-corrected chi connectivity index (χ4v) is 2.83. The van der Waals surface area contributed by atoms with E-state index < -0.39 is 0 Å². The SMILES string of the molecule is CC[C@H]1C=CCN1C(=O)c1ccc(-c2nc(OC)cc(OC)n2)cc1. The Labute approximate surface area is 147 Å². The summed E-state index contributed by atoms with van der Waals surface area (Å²) in [6, 6.07) is 9.08. The lowest BCUT2D eigenvalue weighted by Gasteiger charge is -2.23. The molecule has 1 atom stereocenters. The van der Waals surface area contributed by atoms with E-state index in [0.29, 0.717) is 29.7 Å². The van der Waals surface area contributed by atoms with Crippen LogP contribution in [-0.2, 0) is 0 Å². The van der Waals surface area contributed by atoms with Crippen LogP contribution in [0.25, 0.3) is 11.4 Å². The molecule has 2 heterocycles. The first kappa shape index (κ1) is 17.0. The van der Waals surface area contributed by atoms with Crippen molar-refractivity contribution in [2.45, 2.75) is 19.4 Å². The molecule has 130 valence electrons. The topological polar surface area (TPSA) is 64.6 Å². The molecule has 0 saturated heterocycles. The second-order valence-electron chi connectivity index (χ2n) is 5.71. The molecule has 0 N–H and O–H groups in total. The van der Waals surface area contributed by atoms with Crippen LogP contribution in [0.2, 0.25) is 0 Å². The number of aromatic nitrogens is 2. The summed E-state index contributed by atoms with van der Waals surface area (Å²) < 4.78 is 10.3. The van der Waals surface area contributed by atoms with Crippen molar-refractivity contribution in [3.63, 3.8) is 0 Å². The minimum atomic E-state index is 0.0348. The molecule has 1 aromatic heterocycles. The molecule has 1 aliphatic rings. The van der Waals surface area contributed by atoms with E-state index in [2.05, 4.69) is 23.0 Å². The first-order valence-corrected chi connectivity index (χ1v) is 8.21. The van der Waals surface area contributed by atoms with Crippen LogP contribution < -0.4 is 9.47 Å². The highest BCUT2D eigenvalue weighted by atomic mass is 16.5. The first-order valence-electron chi connectivity index (χ1n) is 8.21. The molecule has 6 nitrogen and oxygen atoms in total. The van der Waals surface area contributed by atoms with Gasteiger partial charge in [0.15, 0.2) is 5.82 Å². The zero-order chi connectivity index (χ0) is 17.8. The van der Waals surface area contributed by atoms with E-state index in [1.54, 1.807) is 32.4 Å². The quantitative estimate of drug-likeness (QED) is 0.784. The van der Waals surface area contributed by atoms with Crippen LogP contribution in [0.5, 0.6) is 11.8 Å². The number of hydrogen-bond donors (Lipinski definition) is 0. The monoisotopic (exact) mass is 339 g/mol. The molecule has 0 fully saturated rings. The number of hydrogen-bond acceptors (Lipinski definition) is 5. The third-order valence-corrected chi connectivity index (χ3v) is 4.23. The molecule has 1 aromatic carbocycles. The van der Waals surface area contributed by atoms with Gasteiger partial charge in [0.25, 0.3) is 5.91 Å². The molecule has 0 aliphatic carbocycles. The van der Waals surface area contributed by atoms with Crippen LogP contribution in [0.1, 0.15) is 23.7 Å². The highest BCUT2D eigenvalue weighted by Crippen LogP contribution is 2.24. The van der Waals surface area contributed by atoms with Gasteiger partial charge in [-0.2, -0.15) is 9.97 Å². The van der Waals surface area contributed by atoms with Crippen molar-refractivity contribution in [3.05, 3.63) is 48.0 Å². The standard InChI is InChI=1S/C19H21N3O3/c1-4-15-6-5-11-22(15)19(23)14-9-7-13(8-10-14)18-20-16(24-2)12-17(21-18)25-3/h5-10,12,15H,4,11H2,1-3H3/t15-/m0/s1. The zero-order valence-corrected chi connectivity index (χ0v) is 14.6. The second kappa shape index (κ2) is 7.34. The highest BCUT2D eigenvalue weighted by Gasteiger charge is 2.24. The van der Waals surface area contributed by atoms with Gasteiger partial charge in [-0.05, 0) is 18.6 Å². The van der Waals surface area contributed by atoms with E-state index in [-0.39, 0.29) is 11.9 Å². The number of methoxy groups -OCH3 is 2. The summed E-state index contributed by atoms with van der Waals surface area (Å²) in [6.07, 6.45) is 5.04. The Hall–Kier alpha value is -2.89. The van der Waals surface area contributed by atoms with Crippen LogP contribution in [0.15, 0.2) is 42.5 Å². The first-order chi connectivity index (χ1) is 12.2. The molecule has 25 heavy (non-hydrogen) atoms. The van der Waals surface area contributed by atoms with E-state index in [0.717, 1.165) is 12.0 Å². The van der Waals surface area contributed by atoms with Crippen LogP contribution in [0.4, 0.5) is 0 Å². The van der Waals surface area contributed by atoms with Crippen LogP contribution in [0, 0.1) is 0 Å². The molecular formula is C19H21N3O3. The summed E-state index contributed by atoms with van der Waals surface area (Å²) in [4.78, 5) is 23.2. The number of rotatable bonds is 5. The smallest absolute Gasteiger partial charge is 0.254 e. The van der Waals surface area contributed by atoms with Gasteiger partial charge >= 0.3 is 0 Å². The highest BCUT2D eigenvalue weighted by molar-refractivity contribution is 5.95. The Kier molecular flexibility index (Phi) is 4.97. The molecule has 0 saturated carbocycles. The van der Waals surface area contributed by atoms with Crippen molar-refractivity contribution < 1.29 is 14.3 Å². The normalized spacial score (nSPS) is 16.1. The molecule has 0 bridgehead atoms. The summed E-state index contributed by atoms with van der Waals surface area (Å²) >= 11 is 0. The molecule has 6 heteroatoms. The maximum absolute atomic E-state index is 12.7.